The maximum absolute atomic E-state index is 11.6. The van der Waals surface area contributed by atoms with E-state index in [4.69, 9.17) is 22.8 Å². The molecule has 0 bridgehead atoms. The summed E-state index contributed by atoms with van der Waals surface area (Å²) in [6.07, 6.45) is 0. The second kappa shape index (κ2) is 10.6. The molecule has 0 N–H and O–H groups in total. The van der Waals surface area contributed by atoms with Crippen LogP contribution in [0.15, 0.2) is 145 Å². The zero-order valence-electron chi connectivity index (χ0n) is 23.5. The van der Waals surface area contributed by atoms with Gasteiger partial charge in [0.1, 0.15) is 0 Å². The maximum atomic E-state index is 11.6. The molecule has 45 heavy (non-hydrogen) atoms. The zero-order chi connectivity index (χ0) is 31.2. The summed E-state index contributed by atoms with van der Waals surface area (Å²) >= 11 is 6.31. The van der Waals surface area contributed by atoms with E-state index in [1.54, 1.807) is 24.3 Å². The van der Waals surface area contributed by atoms with Crippen LogP contribution in [0.1, 0.15) is 11.1 Å². The molecule has 11 nitrogen and oxygen atoms in total. The molecule has 12 heteroatoms. The summed E-state index contributed by atoms with van der Waals surface area (Å²) in [4.78, 5) is 27.5. The van der Waals surface area contributed by atoms with Gasteiger partial charge in [0.05, 0.1) is 9.85 Å². The fourth-order valence-corrected chi connectivity index (χ4v) is 6.52. The average molecular weight is 614 g/mol. The van der Waals surface area contributed by atoms with Gasteiger partial charge in [-0.25, -0.2) is 0 Å². The van der Waals surface area contributed by atoms with Crippen molar-refractivity contribution < 1.29 is 14.7 Å². The summed E-state index contributed by atoms with van der Waals surface area (Å²) in [6.45, 7) is 0. The van der Waals surface area contributed by atoms with Crippen LogP contribution in [-0.2, 0) is 11.3 Å². The lowest BCUT2D eigenvalue weighted by atomic mass is 9.81. The first-order valence-corrected chi connectivity index (χ1v) is 14.3. The molecular weight excluding hydrogens is 590 g/mol. The predicted octanol–water partition coefficient (Wildman–Crippen LogP) is 7.92. The molecule has 7 rings (SSSR count). The Kier molecular flexibility index (Phi) is 6.56. The first-order valence-electron chi connectivity index (χ1n) is 13.9. The fraction of sp³-hybridized carbons (Fsp3) is 0.0606. The molecule has 2 heterocycles. The molecule has 2 aliphatic rings. The van der Waals surface area contributed by atoms with Crippen molar-refractivity contribution in [3.05, 3.63) is 176 Å². The second-order valence-electron chi connectivity index (χ2n) is 10.4. The minimum absolute atomic E-state index is 0.0618. The number of para-hydroxylation sites is 1. The smallest absolute Gasteiger partial charge is 0.269 e. The summed E-state index contributed by atoms with van der Waals surface area (Å²) in [5.74, 6) is 0. The molecule has 0 spiro atoms. The summed E-state index contributed by atoms with van der Waals surface area (Å²) in [5, 5.41) is 28.8. The number of fused-ring (bicyclic) bond motifs is 1. The highest BCUT2D eigenvalue weighted by Crippen LogP contribution is 2.64. The van der Waals surface area contributed by atoms with Crippen LogP contribution in [0.25, 0.3) is 5.43 Å². The number of hydrogen-bond acceptors (Lipinski definition) is 6. The first-order chi connectivity index (χ1) is 21.9. The van der Waals surface area contributed by atoms with Crippen molar-refractivity contribution in [3.8, 4) is 0 Å². The van der Waals surface area contributed by atoms with Crippen LogP contribution in [0.3, 0.4) is 0 Å². The molecule has 220 valence electrons. The molecule has 5 aromatic rings. The van der Waals surface area contributed by atoms with Gasteiger partial charge in [-0.2, -0.15) is 10.5 Å². The summed E-state index contributed by atoms with van der Waals surface area (Å²) in [5.41, 5.74) is 5.83. The number of benzene rings is 5. The van der Waals surface area contributed by atoms with Crippen LogP contribution in [0.4, 0.5) is 28.4 Å². The summed E-state index contributed by atoms with van der Waals surface area (Å²) in [7, 11) is 0. The Hall–Kier alpha value is -6.01. The van der Waals surface area contributed by atoms with Gasteiger partial charge in [-0.1, -0.05) is 78.9 Å². The lowest BCUT2D eigenvalue weighted by Crippen LogP contribution is -2.53. The molecule has 2 aliphatic heterocycles. The van der Waals surface area contributed by atoms with Crippen molar-refractivity contribution in [2.24, 2.45) is 5.11 Å². The van der Waals surface area contributed by atoms with Gasteiger partial charge >= 0.3 is 0 Å². The lowest BCUT2D eigenvalue weighted by molar-refractivity contribution is -0.457. The van der Waals surface area contributed by atoms with E-state index in [-0.39, 0.29) is 11.4 Å². The third kappa shape index (κ3) is 4.14. The van der Waals surface area contributed by atoms with Gasteiger partial charge in [-0.05, 0) is 47.6 Å². The van der Waals surface area contributed by atoms with E-state index in [2.05, 4.69) is 0 Å². The number of non-ortho nitro benzene ring substituents is 2. The number of thiocarbonyl (C=S) groups is 1. The Morgan fingerprint density at radius 3 is 1.62 bits per heavy atom. The highest BCUT2D eigenvalue weighted by molar-refractivity contribution is 7.80. The average Bonchev–Trinajstić information content (AvgIpc) is 3.53. The highest BCUT2D eigenvalue weighted by Gasteiger charge is 2.70. The van der Waals surface area contributed by atoms with Crippen LogP contribution in [-0.4, -0.2) is 19.8 Å². The number of nitro benzene ring substituents is 2. The van der Waals surface area contributed by atoms with Crippen LogP contribution in [0.5, 0.6) is 0 Å². The number of hydrogen-bond donors (Lipinski definition) is 0. The van der Waals surface area contributed by atoms with Gasteiger partial charge in [0, 0.05) is 47.8 Å². The zero-order valence-corrected chi connectivity index (χ0v) is 24.3. The van der Waals surface area contributed by atoms with Crippen LogP contribution >= 0.6 is 12.2 Å². The monoisotopic (exact) mass is 613 g/mol. The number of nitrogens with zero attached hydrogens (tertiary/aromatic N) is 7. The van der Waals surface area contributed by atoms with Crippen molar-refractivity contribution in [2.45, 2.75) is 11.3 Å². The Balaban J connectivity index is 1.58. The molecule has 2 atom stereocenters. The van der Waals surface area contributed by atoms with Crippen molar-refractivity contribution in [2.75, 3.05) is 9.80 Å². The van der Waals surface area contributed by atoms with Gasteiger partial charge in [0.25, 0.3) is 11.4 Å². The molecule has 0 saturated carbocycles. The highest BCUT2D eigenvalue weighted by atomic mass is 32.1. The topological polar surface area (TPSA) is 122 Å². The van der Waals surface area contributed by atoms with Crippen molar-refractivity contribution in [3.63, 3.8) is 0 Å². The lowest BCUT2D eigenvalue weighted by Gasteiger charge is -2.46. The Bertz CT molecular complexity index is 1960. The number of azo groups is 1. The van der Waals surface area contributed by atoms with Crippen LogP contribution in [0, 0.1) is 20.2 Å². The predicted molar refractivity (Wildman–Crippen MR) is 172 cm³/mol. The summed E-state index contributed by atoms with van der Waals surface area (Å²) < 4.78 is 0. The molecule has 1 fully saturated rings. The largest absolute Gasteiger partial charge is 0.300 e. The van der Waals surface area contributed by atoms with E-state index < -0.39 is 21.2 Å². The molecular formula is C33H23N7O4S. The van der Waals surface area contributed by atoms with Crippen LogP contribution in [0.2, 0.25) is 0 Å². The SMILES string of the molecule is O=[N+]([O-])c1ccc(N2C(=S)N(c3ccccc3)C3(c4ccccc4)N=[N+](c4ccc([N+](=O)[O-])cc4)[N-]C23c2ccccc2)cc1. The van der Waals surface area contributed by atoms with Gasteiger partial charge < -0.3 is 9.80 Å². The number of anilines is 2. The van der Waals surface area contributed by atoms with Gasteiger partial charge in [-0.15, -0.1) is 4.81 Å². The van der Waals surface area contributed by atoms with E-state index in [9.17, 15) is 20.2 Å². The Morgan fingerprint density at radius 2 is 1.09 bits per heavy atom. The van der Waals surface area contributed by atoms with Gasteiger partial charge in [0.2, 0.25) is 5.69 Å². The van der Waals surface area contributed by atoms with E-state index in [1.165, 1.54) is 29.1 Å². The third-order valence-electron chi connectivity index (χ3n) is 7.97. The summed E-state index contributed by atoms with van der Waals surface area (Å²) in [6, 6.07) is 41.1. The number of nitro groups is 2. The van der Waals surface area contributed by atoms with Crippen molar-refractivity contribution in [1.29, 1.82) is 0 Å². The minimum Gasteiger partial charge on any atom is -0.300 e. The Labute approximate surface area is 262 Å². The molecule has 5 aromatic carbocycles. The molecule has 1 saturated heterocycles. The minimum atomic E-state index is -1.39. The van der Waals surface area contributed by atoms with Gasteiger partial charge in [0.15, 0.2) is 16.4 Å². The molecule has 0 amide bonds. The van der Waals surface area contributed by atoms with Crippen molar-refractivity contribution in [1.82, 2.24) is 0 Å². The van der Waals surface area contributed by atoms with Crippen LogP contribution < -0.4 is 9.80 Å². The second-order valence-corrected chi connectivity index (χ2v) is 10.8. The molecule has 0 radical (unpaired) electrons. The van der Waals surface area contributed by atoms with Gasteiger partial charge in [-0.3, -0.25) is 20.2 Å². The third-order valence-corrected chi connectivity index (χ3v) is 8.34. The standard InChI is InChI=1S/C33H23N7O4S/c41-39(42)29-20-16-27(17-21-29)37-31(45)36(26-14-8-3-9-15-26)32(24-10-4-1-5-11-24)33(37,25-12-6-2-7-13-25)35-38(34-32)28-18-22-30(23-19-28)40(43)44/h1-23H. The van der Waals surface area contributed by atoms with Crippen molar-refractivity contribution >= 4 is 45.8 Å². The van der Waals surface area contributed by atoms with E-state index in [0.29, 0.717) is 16.5 Å². The Morgan fingerprint density at radius 1 is 0.622 bits per heavy atom. The number of rotatable bonds is 7. The van der Waals surface area contributed by atoms with E-state index in [1.807, 2.05) is 101 Å². The molecule has 2 unspecified atom stereocenters. The fourth-order valence-electron chi connectivity index (χ4n) is 6.05. The first kappa shape index (κ1) is 27.8. The normalized spacial score (nSPS) is 20.4. The quantitative estimate of drug-likeness (QED) is 0.0791. The maximum Gasteiger partial charge on any atom is 0.269 e. The van der Waals surface area contributed by atoms with E-state index in [0.717, 1.165) is 16.8 Å². The van der Waals surface area contributed by atoms with E-state index >= 15 is 0 Å². The molecule has 0 aromatic heterocycles. The molecule has 0 aliphatic carbocycles.